The third-order valence-corrected chi connectivity index (χ3v) is 2.03. The van der Waals surface area contributed by atoms with Crippen molar-refractivity contribution >= 4 is 0 Å². The maximum atomic E-state index is 11.1. The van der Waals surface area contributed by atoms with Gasteiger partial charge in [0.1, 0.15) is 0 Å². The van der Waals surface area contributed by atoms with Crippen molar-refractivity contribution < 1.29 is 9.84 Å². The Balaban J connectivity index is 3.51. The maximum Gasteiger partial charge on any atom is 0.182 e. The van der Waals surface area contributed by atoms with Gasteiger partial charge in [-0.05, 0) is 12.0 Å². The second kappa shape index (κ2) is 4.13. The van der Waals surface area contributed by atoms with Crippen molar-refractivity contribution in [2.45, 2.75) is 19.8 Å². The zero-order valence-electron chi connectivity index (χ0n) is 8.57. The van der Waals surface area contributed by atoms with E-state index in [0.717, 1.165) is 11.6 Å². The standard InChI is InChI=1S/C11H14O3/c1-7(2)9-5-4-8(12)6-10(13)11(9)14-3/h4-7,13H,1-3H3. The molecule has 0 saturated heterocycles. The molecular formula is C11H14O3. The van der Waals surface area contributed by atoms with Gasteiger partial charge in [0.2, 0.25) is 0 Å². The molecule has 0 amide bonds. The molecule has 0 aliphatic heterocycles. The molecule has 0 bridgehead atoms. The molecule has 0 spiro atoms. The molecule has 1 aromatic rings. The van der Waals surface area contributed by atoms with Crippen molar-refractivity contribution in [2.75, 3.05) is 7.11 Å². The molecule has 0 heterocycles. The second-order valence-electron chi connectivity index (χ2n) is 3.41. The van der Waals surface area contributed by atoms with E-state index in [2.05, 4.69) is 0 Å². The highest BCUT2D eigenvalue weighted by Gasteiger charge is 2.10. The van der Waals surface area contributed by atoms with Crippen LogP contribution in [-0.4, -0.2) is 12.2 Å². The smallest absolute Gasteiger partial charge is 0.182 e. The quantitative estimate of drug-likeness (QED) is 0.782. The Morgan fingerprint density at radius 1 is 1.36 bits per heavy atom. The molecule has 3 nitrogen and oxygen atoms in total. The normalized spacial score (nSPS) is 10.3. The summed E-state index contributed by atoms with van der Waals surface area (Å²) in [6, 6.07) is 4.27. The monoisotopic (exact) mass is 194 g/mol. The molecule has 14 heavy (non-hydrogen) atoms. The van der Waals surface area contributed by atoms with E-state index in [4.69, 9.17) is 4.74 Å². The first-order valence-electron chi connectivity index (χ1n) is 4.47. The minimum atomic E-state index is -0.229. The Labute approximate surface area is 83.0 Å². The van der Waals surface area contributed by atoms with Gasteiger partial charge in [0.05, 0.1) is 7.11 Å². The summed E-state index contributed by atoms with van der Waals surface area (Å²) in [6.07, 6.45) is 0. The van der Waals surface area contributed by atoms with Gasteiger partial charge < -0.3 is 9.84 Å². The number of aromatic hydroxyl groups is 1. The summed E-state index contributed by atoms with van der Waals surface area (Å²) in [5.41, 5.74) is 0.597. The van der Waals surface area contributed by atoms with Gasteiger partial charge in [-0.1, -0.05) is 19.9 Å². The molecule has 0 atom stereocenters. The molecule has 3 heteroatoms. The molecule has 1 N–H and O–H groups in total. The van der Waals surface area contributed by atoms with Crippen LogP contribution in [0.1, 0.15) is 25.3 Å². The minimum Gasteiger partial charge on any atom is -0.504 e. The summed E-state index contributed by atoms with van der Waals surface area (Å²) in [4.78, 5) is 11.1. The van der Waals surface area contributed by atoms with Gasteiger partial charge in [-0.15, -0.1) is 0 Å². The molecule has 1 aromatic carbocycles. The Morgan fingerprint density at radius 2 is 2.00 bits per heavy atom. The Kier molecular flexibility index (Phi) is 3.12. The van der Waals surface area contributed by atoms with Crippen LogP contribution in [0.5, 0.6) is 11.5 Å². The van der Waals surface area contributed by atoms with Crippen LogP contribution >= 0.6 is 0 Å². The van der Waals surface area contributed by atoms with E-state index >= 15 is 0 Å². The fraction of sp³-hybridized carbons (Fsp3) is 0.364. The van der Waals surface area contributed by atoms with Crippen LogP contribution in [0.4, 0.5) is 0 Å². The van der Waals surface area contributed by atoms with Gasteiger partial charge in [-0.2, -0.15) is 0 Å². The first-order chi connectivity index (χ1) is 6.56. The lowest BCUT2D eigenvalue weighted by Gasteiger charge is -2.09. The Bertz CT molecular complexity index is 383. The largest absolute Gasteiger partial charge is 0.504 e. The topological polar surface area (TPSA) is 46.5 Å². The molecular weight excluding hydrogens is 180 g/mol. The molecule has 0 aliphatic rings. The molecule has 76 valence electrons. The number of ether oxygens (including phenoxy) is 1. The van der Waals surface area contributed by atoms with E-state index in [9.17, 15) is 9.90 Å². The van der Waals surface area contributed by atoms with Crippen molar-refractivity contribution in [2.24, 2.45) is 0 Å². The SMILES string of the molecule is COc1c(O)cc(=O)ccc1C(C)C. The van der Waals surface area contributed by atoms with E-state index in [-0.39, 0.29) is 17.1 Å². The summed E-state index contributed by atoms with van der Waals surface area (Å²) in [5, 5.41) is 9.56. The lowest BCUT2D eigenvalue weighted by Crippen LogP contribution is -1.91. The first kappa shape index (κ1) is 10.6. The van der Waals surface area contributed by atoms with Gasteiger partial charge in [0.25, 0.3) is 0 Å². The average molecular weight is 194 g/mol. The van der Waals surface area contributed by atoms with E-state index in [1.54, 1.807) is 6.07 Å². The third-order valence-electron chi connectivity index (χ3n) is 2.03. The summed E-state index contributed by atoms with van der Waals surface area (Å²) >= 11 is 0. The number of methoxy groups -OCH3 is 1. The summed E-state index contributed by atoms with van der Waals surface area (Å²) in [6.45, 7) is 3.95. The predicted molar refractivity (Wildman–Crippen MR) is 55.0 cm³/mol. The Morgan fingerprint density at radius 3 is 2.50 bits per heavy atom. The summed E-state index contributed by atoms with van der Waals surface area (Å²) < 4.78 is 5.06. The van der Waals surface area contributed by atoms with Crippen molar-refractivity contribution in [3.05, 3.63) is 34.0 Å². The van der Waals surface area contributed by atoms with E-state index in [0.29, 0.717) is 5.75 Å². The number of hydrogen-bond donors (Lipinski definition) is 1. The van der Waals surface area contributed by atoms with Gasteiger partial charge in [0, 0.05) is 11.6 Å². The number of rotatable bonds is 2. The van der Waals surface area contributed by atoms with Crippen molar-refractivity contribution in [1.29, 1.82) is 0 Å². The molecule has 0 aliphatic carbocycles. The van der Waals surface area contributed by atoms with Crippen LogP contribution in [0.3, 0.4) is 0 Å². The van der Waals surface area contributed by atoms with Crippen LogP contribution in [0.25, 0.3) is 0 Å². The predicted octanol–water partition coefficient (Wildman–Crippen LogP) is 1.88. The van der Waals surface area contributed by atoms with Crippen molar-refractivity contribution in [1.82, 2.24) is 0 Å². The molecule has 0 fully saturated rings. The zero-order valence-corrected chi connectivity index (χ0v) is 8.57. The lowest BCUT2D eigenvalue weighted by atomic mass is 10.0. The first-order valence-corrected chi connectivity index (χ1v) is 4.47. The van der Waals surface area contributed by atoms with Crippen molar-refractivity contribution in [3.8, 4) is 11.5 Å². The van der Waals surface area contributed by atoms with E-state index in [1.807, 2.05) is 13.8 Å². The molecule has 0 aromatic heterocycles. The van der Waals surface area contributed by atoms with Crippen LogP contribution in [0.15, 0.2) is 23.0 Å². The van der Waals surface area contributed by atoms with Crippen LogP contribution < -0.4 is 10.2 Å². The average Bonchev–Trinajstić information content (AvgIpc) is 2.23. The van der Waals surface area contributed by atoms with Crippen LogP contribution in [0, 0.1) is 0 Å². The number of hydrogen-bond acceptors (Lipinski definition) is 3. The van der Waals surface area contributed by atoms with E-state index in [1.165, 1.54) is 13.2 Å². The summed E-state index contributed by atoms with van der Waals surface area (Å²) in [7, 11) is 1.48. The second-order valence-corrected chi connectivity index (χ2v) is 3.41. The molecule has 0 saturated carbocycles. The highest BCUT2D eigenvalue weighted by molar-refractivity contribution is 5.45. The highest BCUT2D eigenvalue weighted by atomic mass is 16.5. The van der Waals surface area contributed by atoms with Gasteiger partial charge in [0.15, 0.2) is 16.9 Å². The molecule has 0 radical (unpaired) electrons. The fourth-order valence-corrected chi connectivity index (χ4v) is 1.32. The third kappa shape index (κ3) is 2.05. The highest BCUT2D eigenvalue weighted by Crippen LogP contribution is 2.31. The molecule has 1 rings (SSSR count). The fourth-order valence-electron chi connectivity index (χ4n) is 1.32. The summed E-state index contributed by atoms with van der Waals surface area (Å²) in [5.74, 6) is 0.468. The van der Waals surface area contributed by atoms with E-state index < -0.39 is 0 Å². The molecule has 0 unspecified atom stereocenters. The van der Waals surface area contributed by atoms with Gasteiger partial charge >= 0.3 is 0 Å². The van der Waals surface area contributed by atoms with Gasteiger partial charge in [-0.25, -0.2) is 0 Å². The Hall–Kier alpha value is -1.51. The van der Waals surface area contributed by atoms with Gasteiger partial charge in [-0.3, -0.25) is 4.79 Å². The minimum absolute atomic E-state index is 0.105. The van der Waals surface area contributed by atoms with Crippen LogP contribution in [-0.2, 0) is 0 Å². The maximum absolute atomic E-state index is 11.1. The zero-order chi connectivity index (χ0) is 10.7. The van der Waals surface area contributed by atoms with Crippen LogP contribution in [0.2, 0.25) is 0 Å². The van der Waals surface area contributed by atoms with Crippen molar-refractivity contribution in [3.63, 3.8) is 0 Å². The lowest BCUT2D eigenvalue weighted by molar-refractivity contribution is 0.368.